The van der Waals surface area contributed by atoms with Crippen LogP contribution in [-0.4, -0.2) is 0 Å². The standard InChI is InChI=1S/C88H96O8/c1-9-17-25-49-53(29-21-13-5)81-57-33-74-58-34-73(57)93-45-69(81)85-61-37-78-62(38-77(61)89-41-65(49)85)86-66(42-90-78)51(27-19-11-3)55(31-23-15-7)83-59-35-76-60(36-75(59)95-47-71(83)86)84-56(32-24-16-8)52(28-20-12-4)68-44-92-80-39-63-79(40-64(80)88(68)72(84)48-96-76)91-43-67-50(26-18-10-2)54(30-22-14-6)82(58)70(46-94-74)87(63)67/h33-40H,9-32,41-48H2,1-8H3. The molecular formula is C88H96O8. The first-order chi connectivity index (χ1) is 47.3. The van der Waals surface area contributed by atoms with Crippen molar-refractivity contribution in [2.45, 2.75) is 262 Å². The lowest BCUT2D eigenvalue weighted by atomic mass is 9.74. The van der Waals surface area contributed by atoms with Crippen molar-refractivity contribution < 1.29 is 37.9 Å². The van der Waals surface area contributed by atoms with Gasteiger partial charge in [0.1, 0.15) is 98.9 Å². The summed E-state index contributed by atoms with van der Waals surface area (Å²) < 4.78 is 58.7. The quantitative estimate of drug-likeness (QED) is 0.0592. The summed E-state index contributed by atoms with van der Waals surface area (Å²) >= 11 is 0. The van der Waals surface area contributed by atoms with Gasteiger partial charge in [0, 0.05) is 89.0 Å². The fraction of sp³-hybridized carbons (Fsp3) is 0.455. The van der Waals surface area contributed by atoms with Crippen LogP contribution in [0.4, 0.5) is 0 Å². The Morgan fingerprint density at radius 3 is 0.500 bits per heavy atom. The van der Waals surface area contributed by atoms with Gasteiger partial charge in [0.2, 0.25) is 0 Å². The predicted octanol–water partition coefficient (Wildman–Crippen LogP) is 23.2. The Kier molecular flexibility index (Phi) is 16.2. The van der Waals surface area contributed by atoms with Gasteiger partial charge in [0.25, 0.3) is 0 Å². The summed E-state index contributed by atoms with van der Waals surface area (Å²) in [6.45, 7) is 22.5. The van der Waals surface area contributed by atoms with Gasteiger partial charge in [-0.05, 0) is 240 Å². The Morgan fingerprint density at radius 2 is 0.333 bits per heavy atom. The van der Waals surface area contributed by atoms with Gasteiger partial charge in [-0.2, -0.15) is 0 Å². The Bertz CT molecular complexity index is 3960. The molecule has 8 aromatic rings. The first-order valence-electron chi connectivity index (χ1n) is 37.9. The maximum atomic E-state index is 7.40. The molecule has 96 heavy (non-hydrogen) atoms. The molecule has 0 amide bonds. The molecule has 0 N–H and O–H groups in total. The zero-order chi connectivity index (χ0) is 65.0. The molecule has 0 spiro atoms. The van der Waals surface area contributed by atoms with E-state index in [1.54, 1.807) is 0 Å². The van der Waals surface area contributed by atoms with E-state index in [4.69, 9.17) is 37.9 Å². The molecule has 0 saturated heterocycles. The normalized spacial score (nSPS) is 14.8. The molecule has 8 aliphatic rings. The summed E-state index contributed by atoms with van der Waals surface area (Å²) in [7, 11) is 0. The van der Waals surface area contributed by atoms with E-state index in [0.29, 0.717) is 52.9 Å². The van der Waals surface area contributed by atoms with Crippen molar-refractivity contribution in [3.63, 3.8) is 0 Å². The zero-order valence-electron chi connectivity index (χ0n) is 58.5. The second-order valence-electron chi connectivity index (χ2n) is 29.2. The molecule has 496 valence electrons. The maximum absolute atomic E-state index is 7.40. The highest BCUT2D eigenvalue weighted by Crippen LogP contribution is 2.62. The fourth-order valence-electron chi connectivity index (χ4n) is 18.8. The number of hydrogen-bond acceptors (Lipinski definition) is 8. The van der Waals surface area contributed by atoms with Gasteiger partial charge in [-0.25, -0.2) is 0 Å². The van der Waals surface area contributed by atoms with E-state index in [2.05, 4.69) is 104 Å². The van der Waals surface area contributed by atoms with Crippen LogP contribution in [0.2, 0.25) is 0 Å². The smallest absolute Gasteiger partial charge is 0.128 e. The number of unbranched alkanes of at least 4 members (excludes halogenated alkanes) is 8. The molecule has 0 saturated carbocycles. The monoisotopic (exact) mass is 1280 g/mol. The van der Waals surface area contributed by atoms with Gasteiger partial charge < -0.3 is 37.9 Å². The fourth-order valence-corrected chi connectivity index (χ4v) is 18.8. The Labute approximate surface area is 569 Å². The average molecular weight is 1280 g/mol. The van der Waals surface area contributed by atoms with Crippen molar-refractivity contribution in [2.75, 3.05) is 0 Å². The molecule has 8 aromatic carbocycles. The van der Waals surface area contributed by atoms with Crippen molar-refractivity contribution in [3.05, 3.63) is 138 Å². The van der Waals surface area contributed by atoms with E-state index >= 15 is 0 Å². The lowest BCUT2D eigenvalue weighted by molar-refractivity contribution is 0.281. The van der Waals surface area contributed by atoms with E-state index < -0.39 is 0 Å². The molecule has 0 bridgehead atoms. The number of rotatable bonds is 24. The number of ether oxygens (including phenoxy) is 8. The average Bonchev–Trinajstić information content (AvgIpc) is 0.759. The highest BCUT2D eigenvalue weighted by molar-refractivity contribution is 6.01. The molecule has 0 atom stereocenters. The van der Waals surface area contributed by atoms with Crippen molar-refractivity contribution >= 4 is 0 Å². The number of hydrogen-bond donors (Lipinski definition) is 0. The minimum absolute atomic E-state index is 0.459. The van der Waals surface area contributed by atoms with Gasteiger partial charge in [-0.1, -0.05) is 107 Å². The largest absolute Gasteiger partial charge is 0.488 e. The Hall–Kier alpha value is -7.84. The summed E-state index contributed by atoms with van der Waals surface area (Å²) in [6.07, 6.45) is 25.6. The van der Waals surface area contributed by atoms with E-state index in [1.165, 1.54) is 134 Å². The van der Waals surface area contributed by atoms with Crippen molar-refractivity contribution in [3.8, 4) is 135 Å². The molecule has 0 radical (unpaired) electrons. The lowest BCUT2D eigenvalue weighted by Crippen LogP contribution is -2.22. The summed E-state index contributed by atoms with van der Waals surface area (Å²) in [6, 6.07) is 19.0. The topological polar surface area (TPSA) is 73.8 Å². The summed E-state index contributed by atoms with van der Waals surface area (Å²) in [4.78, 5) is 0. The van der Waals surface area contributed by atoms with Crippen LogP contribution in [0, 0.1) is 0 Å². The van der Waals surface area contributed by atoms with Gasteiger partial charge in [-0.15, -0.1) is 0 Å². The van der Waals surface area contributed by atoms with Crippen LogP contribution in [0.1, 0.15) is 247 Å². The number of fused-ring (bicyclic) bond motifs is 28. The van der Waals surface area contributed by atoms with E-state index in [-0.39, 0.29) is 0 Å². The Morgan fingerprint density at radius 1 is 0.188 bits per heavy atom. The molecule has 0 aliphatic carbocycles. The third kappa shape index (κ3) is 9.52. The van der Waals surface area contributed by atoms with Crippen LogP contribution in [0.15, 0.2) is 48.5 Å². The van der Waals surface area contributed by atoms with Crippen LogP contribution >= 0.6 is 0 Å². The van der Waals surface area contributed by atoms with Crippen molar-refractivity contribution in [1.82, 2.24) is 0 Å². The third-order valence-corrected chi connectivity index (χ3v) is 23.4. The number of benzene rings is 8. The van der Waals surface area contributed by atoms with Gasteiger partial charge >= 0.3 is 0 Å². The molecule has 8 nitrogen and oxygen atoms in total. The molecule has 0 aromatic heterocycles. The molecule has 0 unspecified atom stereocenters. The molecule has 8 heteroatoms. The predicted molar refractivity (Wildman–Crippen MR) is 387 cm³/mol. The van der Waals surface area contributed by atoms with Gasteiger partial charge in [-0.3, -0.25) is 0 Å². The zero-order valence-corrected chi connectivity index (χ0v) is 58.5. The van der Waals surface area contributed by atoms with Crippen molar-refractivity contribution in [1.29, 1.82) is 0 Å². The lowest BCUT2D eigenvalue weighted by Gasteiger charge is -2.38. The minimum Gasteiger partial charge on any atom is -0.488 e. The highest BCUT2D eigenvalue weighted by atomic mass is 16.5. The third-order valence-electron chi connectivity index (χ3n) is 23.4. The van der Waals surface area contributed by atoms with E-state index in [9.17, 15) is 0 Å². The Balaban J connectivity index is 0.994. The summed E-state index contributed by atoms with van der Waals surface area (Å²) in [5.74, 6) is 7.41. The van der Waals surface area contributed by atoms with Crippen LogP contribution in [0.3, 0.4) is 0 Å². The first-order valence-corrected chi connectivity index (χ1v) is 37.9. The first kappa shape index (κ1) is 61.7. The molecule has 8 heterocycles. The van der Waals surface area contributed by atoms with Crippen LogP contribution in [0.25, 0.3) is 89.0 Å². The van der Waals surface area contributed by atoms with Crippen LogP contribution in [-0.2, 0) is 104 Å². The second kappa shape index (κ2) is 25.2. The summed E-state index contributed by atoms with van der Waals surface area (Å²) in [5, 5.41) is 0. The second-order valence-corrected chi connectivity index (χ2v) is 29.2. The maximum Gasteiger partial charge on any atom is 0.128 e. The van der Waals surface area contributed by atoms with Crippen LogP contribution < -0.4 is 37.9 Å². The van der Waals surface area contributed by atoms with Gasteiger partial charge in [0.05, 0.1) is 0 Å². The molecule has 8 aliphatic heterocycles. The minimum atomic E-state index is 0.459. The molecule has 0 fully saturated rings. The van der Waals surface area contributed by atoms with Crippen molar-refractivity contribution in [2.24, 2.45) is 0 Å². The van der Waals surface area contributed by atoms with Gasteiger partial charge in [0.15, 0.2) is 0 Å². The van der Waals surface area contributed by atoms with Crippen LogP contribution in [0.5, 0.6) is 46.0 Å². The highest BCUT2D eigenvalue weighted by Gasteiger charge is 2.42. The SMILES string of the molecule is CCCCc1c(CCCC)c2c3c4c1COc1cc5c(cc1-4)OCc1c(CCCC)c(CCCC)c4c(c1-5)COc1cc5c(cc1-4)OCc1c-5c(CCCC)c(CCCC)c4c1-c1cc5c(cc1OC4)-c1c(c(CCCC)c(CCCC)c4c1COc1cc-2c(cc1-4)OC3)CO5. The van der Waals surface area contributed by atoms with E-state index in [1.807, 2.05) is 0 Å². The molecule has 16 rings (SSSR count). The summed E-state index contributed by atoms with van der Waals surface area (Å²) in [5.41, 5.74) is 41.4. The molecular weight excluding hydrogens is 1180 g/mol. The van der Waals surface area contributed by atoms with E-state index in [0.717, 1.165) is 245 Å².